The van der Waals surface area contributed by atoms with Gasteiger partial charge < -0.3 is 29.6 Å². The normalized spacial score (nSPS) is 14.2. The van der Waals surface area contributed by atoms with Gasteiger partial charge in [-0.25, -0.2) is 0 Å². The Kier molecular flexibility index (Phi) is 6.58. The lowest BCUT2D eigenvalue weighted by molar-refractivity contribution is -0.137. The van der Waals surface area contributed by atoms with E-state index in [0.717, 1.165) is 12.8 Å². The van der Waals surface area contributed by atoms with Crippen LogP contribution >= 0.6 is 0 Å². The maximum absolute atomic E-state index is 12.8. The predicted molar refractivity (Wildman–Crippen MR) is 120 cm³/mol. The van der Waals surface area contributed by atoms with Crippen molar-refractivity contribution in [2.75, 3.05) is 11.9 Å². The lowest BCUT2D eigenvalue weighted by atomic mass is 10.0. The summed E-state index contributed by atoms with van der Waals surface area (Å²) in [5.41, 5.74) is 0.835. The van der Waals surface area contributed by atoms with Crippen molar-refractivity contribution in [2.45, 2.75) is 38.8 Å². The summed E-state index contributed by atoms with van der Waals surface area (Å²) in [6, 6.07) is 8.40. The Hall–Kier alpha value is -3.82. The van der Waals surface area contributed by atoms with E-state index in [9.17, 15) is 28.6 Å². The third-order valence-corrected chi connectivity index (χ3v) is 5.62. The van der Waals surface area contributed by atoms with Crippen LogP contribution in [0.5, 0.6) is 17.4 Å². The van der Waals surface area contributed by atoms with E-state index in [0.29, 0.717) is 22.0 Å². The maximum atomic E-state index is 12.8. The van der Waals surface area contributed by atoms with Crippen molar-refractivity contribution in [1.82, 2.24) is 4.57 Å². The van der Waals surface area contributed by atoms with E-state index in [1.165, 1.54) is 22.8 Å². The predicted octanol–water partition coefficient (Wildman–Crippen LogP) is 4.76. The number of carbonyl (C=O) groups is 2. The van der Waals surface area contributed by atoms with Crippen molar-refractivity contribution in [2.24, 2.45) is 5.92 Å². The van der Waals surface area contributed by atoms with Gasteiger partial charge in [-0.2, -0.15) is 8.78 Å². The van der Waals surface area contributed by atoms with Crippen molar-refractivity contribution in [3.8, 4) is 17.4 Å². The van der Waals surface area contributed by atoms with Crippen LogP contribution in [-0.4, -0.2) is 39.9 Å². The zero-order valence-corrected chi connectivity index (χ0v) is 18.3. The molecule has 1 atom stereocenters. The molecule has 1 saturated carbocycles. The van der Waals surface area contributed by atoms with Gasteiger partial charge in [-0.1, -0.05) is 18.2 Å². The number of amides is 1. The van der Waals surface area contributed by atoms with Crippen LogP contribution in [0.4, 0.5) is 14.5 Å². The molecule has 0 bridgehead atoms. The van der Waals surface area contributed by atoms with Gasteiger partial charge in [-0.15, -0.1) is 0 Å². The highest BCUT2D eigenvalue weighted by Crippen LogP contribution is 2.41. The molecule has 0 radical (unpaired) electrons. The second-order valence-corrected chi connectivity index (χ2v) is 8.02. The molecule has 1 fully saturated rings. The first kappa shape index (κ1) is 23.3. The smallest absolute Gasteiger partial charge is 0.387 e. The lowest BCUT2D eigenvalue weighted by Crippen LogP contribution is -2.15. The number of aromatic nitrogens is 1. The minimum atomic E-state index is -3.05. The van der Waals surface area contributed by atoms with Crippen molar-refractivity contribution in [1.29, 1.82) is 0 Å². The molecule has 8 nitrogen and oxygen atoms in total. The first-order valence-electron chi connectivity index (χ1n) is 10.8. The molecule has 1 heterocycles. The van der Waals surface area contributed by atoms with E-state index in [-0.39, 0.29) is 35.8 Å². The van der Waals surface area contributed by atoms with E-state index in [2.05, 4.69) is 10.1 Å². The molecular weight excluding hydrogens is 450 g/mol. The summed E-state index contributed by atoms with van der Waals surface area (Å²) in [6.45, 7) is -1.20. The molecule has 0 saturated heterocycles. The van der Waals surface area contributed by atoms with E-state index in [1.54, 1.807) is 31.3 Å². The van der Waals surface area contributed by atoms with E-state index < -0.39 is 25.0 Å². The minimum absolute atomic E-state index is 0.0317. The quantitative estimate of drug-likeness (QED) is 0.391. The maximum Gasteiger partial charge on any atom is 0.387 e. The molecule has 3 N–H and O–H groups in total. The molecule has 1 unspecified atom stereocenters. The molecule has 0 spiro atoms. The number of carboxylic acid groups (broad SMARTS) is 1. The van der Waals surface area contributed by atoms with E-state index in [4.69, 9.17) is 4.74 Å². The molecule has 4 rings (SSSR count). The van der Waals surface area contributed by atoms with Crippen LogP contribution in [-0.2, 0) is 9.59 Å². The number of hydrogen-bond acceptors (Lipinski definition) is 5. The highest BCUT2D eigenvalue weighted by molar-refractivity contribution is 6.05. The topological polar surface area (TPSA) is 110 Å². The third-order valence-electron chi connectivity index (χ3n) is 5.62. The molecule has 1 aliphatic rings. The van der Waals surface area contributed by atoms with E-state index in [1.807, 2.05) is 0 Å². The number of rotatable bonds is 10. The van der Waals surface area contributed by atoms with Crippen molar-refractivity contribution in [3.63, 3.8) is 0 Å². The number of carboxylic acids is 1. The van der Waals surface area contributed by atoms with Gasteiger partial charge in [0, 0.05) is 17.5 Å². The van der Waals surface area contributed by atoms with Gasteiger partial charge in [0.25, 0.3) is 0 Å². The number of aromatic hydroxyl groups is 1. The number of benzene rings is 2. The summed E-state index contributed by atoms with van der Waals surface area (Å²) in [5, 5.41) is 24.5. The number of halogens is 2. The van der Waals surface area contributed by atoms with Gasteiger partial charge in [0.05, 0.1) is 30.1 Å². The molecule has 3 aromatic rings. The Bertz CT molecular complexity index is 1220. The number of alkyl halides is 2. The number of anilines is 1. The zero-order valence-electron chi connectivity index (χ0n) is 18.3. The molecule has 1 aromatic heterocycles. The van der Waals surface area contributed by atoms with Gasteiger partial charge in [0.1, 0.15) is 0 Å². The fraction of sp³-hybridized carbons (Fsp3) is 0.333. The number of carbonyl (C=O) groups excluding carboxylic acids is 1. The van der Waals surface area contributed by atoms with Crippen LogP contribution in [0, 0.1) is 5.92 Å². The van der Waals surface area contributed by atoms with Crippen molar-refractivity contribution in [3.05, 3.63) is 48.2 Å². The minimum Gasteiger partial charge on any atom is -0.494 e. The second-order valence-electron chi connectivity index (χ2n) is 8.02. The van der Waals surface area contributed by atoms with Crippen LogP contribution in [0.15, 0.2) is 42.6 Å². The molecular formula is C24H24F2N2O6. The summed E-state index contributed by atoms with van der Waals surface area (Å²) in [4.78, 5) is 24.0. The largest absolute Gasteiger partial charge is 0.494 e. The second kappa shape index (κ2) is 9.58. The summed E-state index contributed by atoms with van der Waals surface area (Å²) >= 11 is 0. The Morgan fingerprint density at radius 1 is 1.21 bits per heavy atom. The van der Waals surface area contributed by atoms with E-state index >= 15 is 0 Å². The fourth-order valence-corrected chi connectivity index (χ4v) is 3.93. The Morgan fingerprint density at radius 3 is 2.62 bits per heavy atom. The Morgan fingerprint density at radius 2 is 1.97 bits per heavy atom. The number of nitrogens with zero attached hydrogens (tertiary/aromatic N) is 1. The number of hydrogen-bond donors (Lipinski definition) is 3. The lowest BCUT2D eigenvalue weighted by Gasteiger charge is -2.21. The van der Waals surface area contributed by atoms with Crippen LogP contribution in [0.3, 0.4) is 0 Å². The van der Waals surface area contributed by atoms with Crippen molar-refractivity contribution >= 4 is 28.3 Å². The molecule has 34 heavy (non-hydrogen) atoms. The SMILES string of the molecule is CCOc1cc(C(CC(=O)O)n2cc3cccc(NC(=O)C4CC4)c3c2O)ccc1OC(F)F. The molecule has 1 amide bonds. The average Bonchev–Trinajstić information content (AvgIpc) is 3.57. The summed E-state index contributed by atoms with van der Waals surface area (Å²) in [5.74, 6) is -1.66. The van der Waals surface area contributed by atoms with Gasteiger partial charge >= 0.3 is 12.6 Å². The highest BCUT2D eigenvalue weighted by atomic mass is 19.3. The first-order chi connectivity index (χ1) is 16.3. The molecule has 2 aromatic carbocycles. The van der Waals surface area contributed by atoms with Crippen LogP contribution in [0.25, 0.3) is 10.8 Å². The number of fused-ring (bicyclic) bond motifs is 1. The zero-order chi connectivity index (χ0) is 24.4. The van der Waals surface area contributed by atoms with Crippen LogP contribution in [0.1, 0.15) is 37.8 Å². The number of nitrogens with one attached hydrogen (secondary N) is 1. The molecule has 1 aliphatic carbocycles. The Labute approximate surface area is 193 Å². The van der Waals surface area contributed by atoms with Gasteiger partial charge in [0.2, 0.25) is 11.8 Å². The summed E-state index contributed by atoms with van der Waals surface area (Å²) in [6.07, 6.45) is 2.83. The van der Waals surface area contributed by atoms with Gasteiger partial charge in [-0.05, 0) is 43.5 Å². The van der Waals surface area contributed by atoms with Gasteiger partial charge in [-0.3, -0.25) is 9.59 Å². The Balaban J connectivity index is 1.78. The third kappa shape index (κ3) is 4.90. The standard InChI is InChI=1S/C24H24F2N2O6/c1-2-33-19-10-14(8-9-18(19)34-24(25)26)17(11-20(29)30)28-12-15-4-3-5-16(21(15)23(28)32)27-22(31)13-6-7-13/h3-5,8-10,12-13,17,24,32H,2,6-7,11H2,1H3,(H,27,31)(H,29,30). The van der Waals surface area contributed by atoms with Crippen molar-refractivity contribution < 1.29 is 38.1 Å². The monoisotopic (exact) mass is 474 g/mol. The van der Waals surface area contributed by atoms with Crippen LogP contribution < -0.4 is 14.8 Å². The van der Waals surface area contributed by atoms with Gasteiger partial charge in [0.15, 0.2) is 11.5 Å². The molecule has 180 valence electrons. The average molecular weight is 474 g/mol. The number of aliphatic carboxylic acids is 1. The number of ether oxygens (including phenoxy) is 2. The summed E-state index contributed by atoms with van der Waals surface area (Å²) < 4.78 is 36.8. The summed E-state index contributed by atoms with van der Waals surface area (Å²) in [7, 11) is 0. The molecule has 10 heteroatoms. The molecule has 0 aliphatic heterocycles. The van der Waals surface area contributed by atoms with Crippen LogP contribution in [0.2, 0.25) is 0 Å². The first-order valence-corrected chi connectivity index (χ1v) is 10.8. The highest BCUT2D eigenvalue weighted by Gasteiger charge is 2.31. The fourth-order valence-electron chi connectivity index (χ4n) is 3.93.